The summed E-state index contributed by atoms with van der Waals surface area (Å²) in [5.41, 5.74) is 3.98. The first-order valence-corrected chi connectivity index (χ1v) is 9.14. The van der Waals surface area contributed by atoms with Crippen LogP contribution in [0.3, 0.4) is 0 Å². The summed E-state index contributed by atoms with van der Waals surface area (Å²) in [5.74, 6) is -1.08. The van der Waals surface area contributed by atoms with E-state index in [0.717, 1.165) is 21.3 Å². The first-order chi connectivity index (χ1) is 12.0. The molecular weight excluding hydrogens is 382 g/mol. The van der Waals surface area contributed by atoms with Gasteiger partial charge in [-0.05, 0) is 55.5 Å². The number of carboxylic acid groups (broad SMARTS) is 1. The van der Waals surface area contributed by atoms with Crippen LogP contribution in [0.5, 0.6) is 0 Å². The summed E-state index contributed by atoms with van der Waals surface area (Å²) in [4.78, 5) is 25.9. The zero-order valence-corrected chi connectivity index (χ0v) is 15.6. The van der Waals surface area contributed by atoms with E-state index in [-0.39, 0.29) is 5.91 Å². The molecule has 0 saturated carbocycles. The minimum atomic E-state index is -0.962. The molecule has 25 heavy (non-hydrogen) atoms. The van der Waals surface area contributed by atoms with Gasteiger partial charge >= 0.3 is 5.97 Å². The smallest absolute Gasteiger partial charge is 0.326 e. The second-order valence-electron chi connectivity index (χ2n) is 6.42. The second-order valence-corrected chi connectivity index (χ2v) is 7.33. The summed E-state index contributed by atoms with van der Waals surface area (Å²) in [5, 5.41) is 9.74. The molecule has 130 valence electrons. The zero-order chi connectivity index (χ0) is 18.0. The van der Waals surface area contributed by atoms with E-state index in [0.29, 0.717) is 25.7 Å². The molecule has 1 amide bonds. The predicted molar refractivity (Wildman–Crippen MR) is 101 cm³/mol. The average molecular weight is 402 g/mol. The lowest BCUT2D eigenvalue weighted by Crippen LogP contribution is -2.47. The number of aliphatic carboxylic acids is 1. The van der Waals surface area contributed by atoms with Gasteiger partial charge in [0.1, 0.15) is 6.04 Å². The molecule has 1 aliphatic heterocycles. The Morgan fingerprint density at radius 3 is 2.60 bits per heavy atom. The van der Waals surface area contributed by atoms with E-state index < -0.39 is 12.0 Å². The maximum Gasteiger partial charge on any atom is 0.326 e. The molecule has 2 aromatic rings. The average Bonchev–Trinajstić information content (AvgIpc) is 2.58. The van der Waals surface area contributed by atoms with E-state index in [1.807, 2.05) is 49.4 Å². The molecule has 1 aliphatic rings. The maximum atomic E-state index is 12.5. The Kier molecular flexibility index (Phi) is 5.23. The second kappa shape index (κ2) is 7.40. The van der Waals surface area contributed by atoms with Gasteiger partial charge in [-0.1, -0.05) is 45.8 Å². The van der Waals surface area contributed by atoms with Crippen LogP contribution in [-0.4, -0.2) is 23.0 Å². The first-order valence-electron chi connectivity index (χ1n) is 8.34. The Labute approximate surface area is 155 Å². The fourth-order valence-corrected chi connectivity index (χ4v) is 3.66. The van der Waals surface area contributed by atoms with Crippen LogP contribution in [0.25, 0.3) is 0 Å². The van der Waals surface area contributed by atoms with Crippen LogP contribution in [0.4, 0.5) is 5.69 Å². The van der Waals surface area contributed by atoms with Gasteiger partial charge < -0.3 is 5.11 Å². The highest BCUT2D eigenvalue weighted by molar-refractivity contribution is 9.10. The van der Waals surface area contributed by atoms with E-state index in [2.05, 4.69) is 15.9 Å². The van der Waals surface area contributed by atoms with Crippen LogP contribution in [0, 0.1) is 6.92 Å². The van der Waals surface area contributed by atoms with E-state index in [1.165, 1.54) is 10.5 Å². The molecule has 0 fully saturated rings. The predicted octanol–water partition coefficient (Wildman–Crippen LogP) is 4.12. The molecule has 2 aromatic carbocycles. The van der Waals surface area contributed by atoms with Crippen molar-refractivity contribution in [2.75, 3.05) is 4.90 Å². The van der Waals surface area contributed by atoms with Crippen molar-refractivity contribution in [3.05, 3.63) is 63.6 Å². The monoisotopic (exact) mass is 401 g/mol. The Hall–Kier alpha value is -2.14. The number of anilines is 1. The van der Waals surface area contributed by atoms with E-state index in [4.69, 9.17) is 0 Å². The van der Waals surface area contributed by atoms with Gasteiger partial charge in [-0.2, -0.15) is 0 Å². The van der Waals surface area contributed by atoms with Gasteiger partial charge in [0.05, 0.1) is 0 Å². The van der Waals surface area contributed by atoms with Crippen molar-refractivity contribution in [3.63, 3.8) is 0 Å². The highest BCUT2D eigenvalue weighted by Gasteiger charge is 2.34. The molecule has 0 aliphatic carbocycles. The van der Waals surface area contributed by atoms with E-state index in [1.54, 1.807) is 0 Å². The lowest BCUT2D eigenvalue weighted by Gasteiger charge is -2.34. The first kappa shape index (κ1) is 17.7. The minimum Gasteiger partial charge on any atom is -0.480 e. The topological polar surface area (TPSA) is 57.6 Å². The van der Waals surface area contributed by atoms with Crippen molar-refractivity contribution >= 4 is 33.5 Å². The van der Waals surface area contributed by atoms with Crippen LogP contribution in [0.15, 0.2) is 46.9 Å². The number of amides is 1. The lowest BCUT2D eigenvalue weighted by atomic mass is 9.96. The molecule has 5 heteroatoms. The standard InChI is InChI=1S/C20H20BrNO3/c1-13-2-4-14(5-3-13)6-9-18(20(24)25)22-17-10-8-16(21)12-15(17)7-11-19(22)23/h2-5,8,10,12,18H,6-7,9,11H2,1H3,(H,24,25). The maximum absolute atomic E-state index is 12.5. The summed E-state index contributed by atoms with van der Waals surface area (Å²) in [7, 11) is 0. The fourth-order valence-electron chi connectivity index (χ4n) is 3.25. The van der Waals surface area contributed by atoms with Crippen molar-refractivity contribution in [2.45, 2.75) is 38.6 Å². The minimum absolute atomic E-state index is 0.119. The number of aryl methyl sites for hydroxylation is 3. The van der Waals surface area contributed by atoms with Crippen molar-refractivity contribution in [1.82, 2.24) is 0 Å². The molecule has 1 atom stereocenters. The van der Waals surface area contributed by atoms with Gasteiger partial charge in [-0.3, -0.25) is 9.69 Å². The SMILES string of the molecule is Cc1ccc(CCC(C(=O)O)N2C(=O)CCc3cc(Br)ccc32)cc1. The zero-order valence-electron chi connectivity index (χ0n) is 14.0. The quantitative estimate of drug-likeness (QED) is 0.819. The molecule has 1 unspecified atom stereocenters. The number of nitrogens with zero attached hydrogens (tertiary/aromatic N) is 1. The number of hydrogen-bond donors (Lipinski definition) is 1. The summed E-state index contributed by atoms with van der Waals surface area (Å²) >= 11 is 3.44. The van der Waals surface area contributed by atoms with Gasteiger partial charge in [0.25, 0.3) is 0 Å². The van der Waals surface area contributed by atoms with Gasteiger partial charge in [0, 0.05) is 16.6 Å². The number of carbonyl (C=O) groups is 2. The van der Waals surface area contributed by atoms with E-state index in [9.17, 15) is 14.7 Å². The van der Waals surface area contributed by atoms with Gasteiger partial charge in [0.2, 0.25) is 5.91 Å². The fraction of sp³-hybridized carbons (Fsp3) is 0.300. The molecule has 1 N–H and O–H groups in total. The van der Waals surface area contributed by atoms with Crippen molar-refractivity contribution in [2.24, 2.45) is 0 Å². The highest BCUT2D eigenvalue weighted by atomic mass is 79.9. The Balaban J connectivity index is 1.86. The van der Waals surface area contributed by atoms with Gasteiger partial charge in [-0.15, -0.1) is 0 Å². The normalized spacial score (nSPS) is 15.0. The van der Waals surface area contributed by atoms with Crippen molar-refractivity contribution in [1.29, 1.82) is 0 Å². The summed E-state index contributed by atoms with van der Waals surface area (Å²) in [6.45, 7) is 2.02. The van der Waals surface area contributed by atoms with Gasteiger partial charge in [0.15, 0.2) is 0 Å². The van der Waals surface area contributed by atoms with Crippen LogP contribution < -0.4 is 4.90 Å². The lowest BCUT2D eigenvalue weighted by molar-refractivity contribution is -0.140. The molecule has 4 nitrogen and oxygen atoms in total. The van der Waals surface area contributed by atoms with Crippen LogP contribution in [-0.2, 0) is 22.4 Å². The Morgan fingerprint density at radius 2 is 1.92 bits per heavy atom. The molecule has 3 rings (SSSR count). The summed E-state index contributed by atoms with van der Waals surface area (Å²) in [6.07, 6.45) is 2.00. The molecule has 0 spiro atoms. The number of hydrogen-bond acceptors (Lipinski definition) is 2. The third-order valence-electron chi connectivity index (χ3n) is 4.60. The Morgan fingerprint density at radius 1 is 1.20 bits per heavy atom. The van der Waals surface area contributed by atoms with E-state index >= 15 is 0 Å². The molecule has 0 bridgehead atoms. The van der Waals surface area contributed by atoms with Crippen LogP contribution >= 0.6 is 15.9 Å². The number of halogens is 1. The Bertz CT molecular complexity index is 801. The molecule has 1 heterocycles. The number of benzene rings is 2. The van der Waals surface area contributed by atoms with Crippen LogP contribution in [0.2, 0.25) is 0 Å². The number of carboxylic acids is 1. The number of carbonyl (C=O) groups excluding carboxylic acids is 1. The molecule has 0 radical (unpaired) electrons. The largest absolute Gasteiger partial charge is 0.480 e. The third-order valence-corrected chi connectivity index (χ3v) is 5.10. The molecule has 0 aromatic heterocycles. The molecular formula is C20H20BrNO3. The van der Waals surface area contributed by atoms with Crippen molar-refractivity contribution < 1.29 is 14.7 Å². The summed E-state index contributed by atoms with van der Waals surface area (Å²) < 4.78 is 0.937. The third kappa shape index (κ3) is 3.93. The van der Waals surface area contributed by atoms with Gasteiger partial charge in [-0.25, -0.2) is 4.79 Å². The number of fused-ring (bicyclic) bond motifs is 1. The van der Waals surface area contributed by atoms with Crippen molar-refractivity contribution in [3.8, 4) is 0 Å². The van der Waals surface area contributed by atoms with Crippen LogP contribution in [0.1, 0.15) is 29.5 Å². The summed E-state index contributed by atoms with van der Waals surface area (Å²) in [6, 6.07) is 12.9. The molecule has 0 saturated heterocycles. The highest BCUT2D eigenvalue weighted by Crippen LogP contribution is 2.33. The number of rotatable bonds is 5.